The van der Waals surface area contributed by atoms with Crippen LogP contribution >= 0.6 is 0 Å². The second-order valence-corrected chi connectivity index (χ2v) is 9.50. The number of aromatic amines is 1. The number of aromatic nitrogens is 3. The number of rotatable bonds is 3. The molecule has 1 fully saturated rings. The van der Waals surface area contributed by atoms with Gasteiger partial charge in [0, 0.05) is 49.2 Å². The molecule has 2 aliphatic heterocycles. The predicted octanol–water partition coefficient (Wildman–Crippen LogP) is 3.31. The zero-order chi connectivity index (χ0) is 22.6. The molecule has 1 atom stereocenters. The van der Waals surface area contributed by atoms with Crippen molar-refractivity contribution >= 4 is 16.8 Å². The molecule has 0 spiro atoms. The van der Waals surface area contributed by atoms with E-state index in [1.807, 2.05) is 22.6 Å². The Balaban J connectivity index is 1.49. The quantitative estimate of drug-likeness (QED) is 0.688. The van der Waals surface area contributed by atoms with Gasteiger partial charge in [0.2, 0.25) is 0 Å². The van der Waals surface area contributed by atoms with Gasteiger partial charge in [-0.15, -0.1) is 0 Å². The molecule has 32 heavy (non-hydrogen) atoms. The van der Waals surface area contributed by atoms with Crippen LogP contribution in [-0.2, 0) is 20.0 Å². The second-order valence-electron chi connectivity index (χ2n) is 9.50. The number of carbonyl (C=O) groups is 1. The van der Waals surface area contributed by atoms with Crippen molar-refractivity contribution in [2.75, 3.05) is 13.1 Å². The summed E-state index contributed by atoms with van der Waals surface area (Å²) >= 11 is 0. The van der Waals surface area contributed by atoms with Crippen LogP contribution in [0.5, 0.6) is 0 Å². The normalized spacial score (nSPS) is 19.2. The molecular weight excluding hydrogens is 402 g/mol. The third kappa shape index (κ3) is 3.45. The van der Waals surface area contributed by atoms with E-state index in [4.69, 9.17) is 4.98 Å². The van der Waals surface area contributed by atoms with Gasteiger partial charge in [-0.1, -0.05) is 11.6 Å². The molecule has 3 aromatic rings. The SMILES string of the molecule is Cc1ccc2c(c1)cc(C(=O)N1CCCC1c1nc3c(c(=O)[nH]1)CCN(C(C)C)C3)n2C. The predicted molar refractivity (Wildman–Crippen MR) is 125 cm³/mol. The Hall–Kier alpha value is -2.93. The summed E-state index contributed by atoms with van der Waals surface area (Å²) in [4.78, 5) is 38.6. The van der Waals surface area contributed by atoms with Crippen LogP contribution in [-0.4, -0.2) is 49.4 Å². The summed E-state index contributed by atoms with van der Waals surface area (Å²) in [7, 11) is 1.94. The van der Waals surface area contributed by atoms with E-state index in [9.17, 15) is 9.59 Å². The fourth-order valence-electron chi connectivity index (χ4n) is 5.19. The summed E-state index contributed by atoms with van der Waals surface area (Å²) in [6.45, 7) is 8.63. The smallest absolute Gasteiger partial charge is 0.271 e. The number of carbonyl (C=O) groups excluding carboxylic acids is 1. The number of fused-ring (bicyclic) bond motifs is 2. The van der Waals surface area contributed by atoms with Crippen LogP contribution in [0.4, 0.5) is 0 Å². The minimum Gasteiger partial charge on any atom is -0.340 e. The van der Waals surface area contributed by atoms with Crippen LogP contribution in [0.25, 0.3) is 10.9 Å². The van der Waals surface area contributed by atoms with Crippen molar-refractivity contribution in [3.63, 3.8) is 0 Å². The Morgan fingerprint density at radius 3 is 2.81 bits per heavy atom. The maximum atomic E-state index is 13.6. The fourth-order valence-corrected chi connectivity index (χ4v) is 5.19. The number of H-pyrrole nitrogens is 1. The second kappa shape index (κ2) is 7.89. The van der Waals surface area contributed by atoms with Crippen LogP contribution in [0.3, 0.4) is 0 Å². The van der Waals surface area contributed by atoms with E-state index in [1.165, 1.54) is 5.56 Å². The number of hydrogen-bond acceptors (Lipinski definition) is 4. The van der Waals surface area contributed by atoms with Gasteiger partial charge in [0.15, 0.2) is 0 Å². The Morgan fingerprint density at radius 1 is 1.22 bits per heavy atom. The Morgan fingerprint density at radius 2 is 2.03 bits per heavy atom. The fraction of sp³-hybridized carbons (Fsp3) is 0.480. The molecular formula is C25H31N5O2. The lowest BCUT2D eigenvalue weighted by Gasteiger charge is -2.31. The zero-order valence-corrected chi connectivity index (χ0v) is 19.3. The highest BCUT2D eigenvalue weighted by atomic mass is 16.2. The van der Waals surface area contributed by atoms with E-state index in [0.717, 1.165) is 48.0 Å². The number of aryl methyl sites for hydroxylation is 2. The van der Waals surface area contributed by atoms with Crippen molar-refractivity contribution in [3.05, 3.63) is 63.0 Å². The van der Waals surface area contributed by atoms with Gasteiger partial charge in [-0.2, -0.15) is 0 Å². The Kier molecular flexibility index (Phi) is 5.16. The van der Waals surface area contributed by atoms with Gasteiger partial charge in [0.1, 0.15) is 11.5 Å². The molecule has 4 heterocycles. The summed E-state index contributed by atoms with van der Waals surface area (Å²) < 4.78 is 1.97. The number of likely N-dealkylation sites (tertiary alicyclic amines) is 1. The van der Waals surface area contributed by atoms with Crippen LogP contribution in [0.1, 0.15) is 65.9 Å². The topological polar surface area (TPSA) is 74.2 Å². The molecule has 1 unspecified atom stereocenters. The Bertz CT molecular complexity index is 1260. The lowest BCUT2D eigenvalue weighted by Crippen LogP contribution is -2.40. The molecule has 0 bridgehead atoms. The maximum absolute atomic E-state index is 13.6. The number of nitrogens with one attached hydrogen (secondary N) is 1. The van der Waals surface area contributed by atoms with Crippen molar-refractivity contribution < 1.29 is 4.79 Å². The number of nitrogens with zero attached hydrogens (tertiary/aromatic N) is 4. The molecule has 1 saturated heterocycles. The highest BCUT2D eigenvalue weighted by Gasteiger charge is 2.35. The summed E-state index contributed by atoms with van der Waals surface area (Å²) in [6.07, 6.45) is 2.43. The average Bonchev–Trinajstić information content (AvgIpc) is 3.37. The van der Waals surface area contributed by atoms with Gasteiger partial charge in [-0.3, -0.25) is 14.5 Å². The Labute approximate surface area is 188 Å². The highest BCUT2D eigenvalue weighted by Crippen LogP contribution is 2.33. The standard InChI is InChI=1S/C25H31N5O2/c1-15(2)29-11-9-18-19(14-29)26-23(27-24(18)31)21-6-5-10-30(21)25(32)22-13-17-12-16(3)7-8-20(17)28(22)4/h7-8,12-13,15,21H,5-6,9-11,14H2,1-4H3,(H,26,27,31). The van der Waals surface area contributed by atoms with Gasteiger partial charge in [0.25, 0.3) is 11.5 Å². The van der Waals surface area contributed by atoms with Crippen molar-refractivity contribution in [3.8, 4) is 0 Å². The van der Waals surface area contributed by atoms with E-state index in [2.05, 4.69) is 48.9 Å². The van der Waals surface area contributed by atoms with E-state index in [1.54, 1.807) is 0 Å². The van der Waals surface area contributed by atoms with Crippen LogP contribution in [0.15, 0.2) is 29.1 Å². The zero-order valence-electron chi connectivity index (χ0n) is 19.3. The van der Waals surface area contributed by atoms with Gasteiger partial charge in [-0.05, 0) is 58.2 Å². The summed E-state index contributed by atoms with van der Waals surface area (Å²) in [5.41, 5.74) is 4.50. The minimum atomic E-state index is -0.199. The van der Waals surface area contributed by atoms with E-state index < -0.39 is 0 Å². The lowest BCUT2D eigenvalue weighted by molar-refractivity contribution is 0.0720. The van der Waals surface area contributed by atoms with Gasteiger partial charge >= 0.3 is 0 Å². The molecule has 1 amide bonds. The van der Waals surface area contributed by atoms with E-state index in [0.29, 0.717) is 30.6 Å². The summed E-state index contributed by atoms with van der Waals surface area (Å²) in [5.74, 6) is 0.618. The van der Waals surface area contributed by atoms with E-state index in [-0.39, 0.29) is 17.5 Å². The van der Waals surface area contributed by atoms with Crippen molar-refractivity contribution in [1.29, 1.82) is 0 Å². The first kappa shape index (κ1) is 20.9. The molecule has 1 N–H and O–H groups in total. The van der Waals surface area contributed by atoms with Gasteiger partial charge < -0.3 is 14.5 Å². The molecule has 1 aromatic carbocycles. The molecule has 7 heteroatoms. The molecule has 0 aliphatic carbocycles. The van der Waals surface area contributed by atoms with Crippen molar-refractivity contribution in [1.82, 2.24) is 24.3 Å². The maximum Gasteiger partial charge on any atom is 0.271 e. The number of hydrogen-bond donors (Lipinski definition) is 1. The number of benzene rings is 1. The molecule has 7 nitrogen and oxygen atoms in total. The monoisotopic (exact) mass is 433 g/mol. The third-order valence-electron chi connectivity index (χ3n) is 7.10. The van der Waals surface area contributed by atoms with Crippen molar-refractivity contribution in [2.24, 2.45) is 7.05 Å². The number of amides is 1. The molecule has 0 radical (unpaired) electrons. The average molecular weight is 434 g/mol. The first-order chi connectivity index (χ1) is 15.3. The first-order valence-electron chi connectivity index (χ1n) is 11.6. The summed E-state index contributed by atoms with van der Waals surface area (Å²) in [6, 6.07) is 8.42. The summed E-state index contributed by atoms with van der Waals surface area (Å²) in [5, 5.41) is 1.07. The van der Waals surface area contributed by atoms with Crippen LogP contribution < -0.4 is 5.56 Å². The molecule has 5 rings (SSSR count). The van der Waals surface area contributed by atoms with Crippen molar-refractivity contribution in [2.45, 2.75) is 58.7 Å². The molecule has 168 valence electrons. The minimum absolute atomic E-state index is 0.00645. The third-order valence-corrected chi connectivity index (χ3v) is 7.10. The first-order valence-corrected chi connectivity index (χ1v) is 11.6. The van der Waals surface area contributed by atoms with Gasteiger partial charge in [0.05, 0.1) is 11.7 Å². The largest absolute Gasteiger partial charge is 0.340 e. The van der Waals surface area contributed by atoms with Crippen LogP contribution in [0.2, 0.25) is 0 Å². The highest BCUT2D eigenvalue weighted by molar-refractivity contribution is 5.99. The molecule has 2 aliphatic rings. The molecule has 0 saturated carbocycles. The molecule has 2 aromatic heterocycles. The lowest BCUT2D eigenvalue weighted by atomic mass is 10.0. The van der Waals surface area contributed by atoms with Crippen LogP contribution in [0, 0.1) is 6.92 Å². The van der Waals surface area contributed by atoms with E-state index >= 15 is 0 Å². The van der Waals surface area contributed by atoms with Gasteiger partial charge in [-0.25, -0.2) is 4.98 Å².